The maximum Gasteiger partial charge on any atom is 0.409 e. The Morgan fingerprint density at radius 3 is 2.29 bits per heavy atom. The van der Waals surface area contributed by atoms with Crippen molar-refractivity contribution in [2.24, 2.45) is 0 Å². The first kappa shape index (κ1) is 26.7. The van der Waals surface area contributed by atoms with E-state index in [0.29, 0.717) is 51.7 Å². The molecule has 0 bridgehead atoms. The zero-order valence-electron chi connectivity index (χ0n) is 19.0. The van der Waals surface area contributed by atoms with Gasteiger partial charge in [0.15, 0.2) is 6.10 Å². The number of carbonyl (C=O) groups excluding carboxylic acids is 1. The minimum Gasteiger partial charge on any atom is -0.492 e. The van der Waals surface area contributed by atoms with Gasteiger partial charge in [-0.1, -0.05) is 26.0 Å². The summed E-state index contributed by atoms with van der Waals surface area (Å²) < 4.78 is 21.7. The average molecular weight is 440 g/mol. The largest absolute Gasteiger partial charge is 0.492 e. The van der Waals surface area contributed by atoms with E-state index in [1.165, 1.54) is 0 Å². The molecule has 8 heteroatoms. The Balaban J connectivity index is 2.51. The predicted molar refractivity (Wildman–Crippen MR) is 118 cm³/mol. The summed E-state index contributed by atoms with van der Waals surface area (Å²) in [6.45, 7) is 9.12. The van der Waals surface area contributed by atoms with Gasteiger partial charge in [0, 0.05) is 32.8 Å². The van der Waals surface area contributed by atoms with E-state index in [-0.39, 0.29) is 6.09 Å². The maximum absolute atomic E-state index is 12.3. The third kappa shape index (κ3) is 11.6. The van der Waals surface area contributed by atoms with Gasteiger partial charge >= 0.3 is 12.1 Å². The number of nitrogens with zero attached hydrogens (tertiary/aromatic N) is 1. The molecule has 0 aliphatic carbocycles. The molecule has 0 fully saturated rings. The number of carboxylic acid groups (broad SMARTS) is 1. The molecule has 0 heterocycles. The van der Waals surface area contributed by atoms with Crippen LogP contribution in [0.3, 0.4) is 0 Å². The highest BCUT2D eigenvalue weighted by atomic mass is 16.6. The Labute approximate surface area is 185 Å². The van der Waals surface area contributed by atoms with Crippen molar-refractivity contribution in [1.29, 1.82) is 0 Å². The molecule has 1 amide bonds. The summed E-state index contributed by atoms with van der Waals surface area (Å²) in [6.07, 6.45) is 1.57. The molecule has 1 N–H and O–H groups in total. The first-order valence-electron chi connectivity index (χ1n) is 11.1. The average Bonchev–Trinajstić information content (AvgIpc) is 2.76. The third-order valence-corrected chi connectivity index (χ3v) is 4.37. The number of benzene rings is 1. The molecule has 0 saturated carbocycles. The summed E-state index contributed by atoms with van der Waals surface area (Å²) in [5.74, 6) is -0.322. The van der Waals surface area contributed by atoms with Crippen molar-refractivity contribution in [3.63, 3.8) is 0 Å². The fourth-order valence-electron chi connectivity index (χ4n) is 2.81. The molecule has 31 heavy (non-hydrogen) atoms. The van der Waals surface area contributed by atoms with Crippen LogP contribution in [0.1, 0.15) is 45.6 Å². The topological polar surface area (TPSA) is 94.5 Å². The first-order valence-corrected chi connectivity index (χ1v) is 11.1. The van der Waals surface area contributed by atoms with Gasteiger partial charge < -0.3 is 29.0 Å². The highest BCUT2D eigenvalue weighted by molar-refractivity contribution is 5.72. The van der Waals surface area contributed by atoms with Crippen LogP contribution in [0, 0.1) is 0 Å². The molecule has 8 nitrogen and oxygen atoms in total. The lowest BCUT2D eigenvalue weighted by Gasteiger charge is -2.22. The lowest BCUT2D eigenvalue weighted by Crippen LogP contribution is -2.36. The van der Waals surface area contributed by atoms with Gasteiger partial charge in [-0.05, 0) is 43.9 Å². The molecule has 0 spiro atoms. The smallest absolute Gasteiger partial charge is 0.409 e. The summed E-state index contributed by atoms with van der Waals surface area (Å²) in [5, 5.41) is 9.19. The van der Waals surface area contributed by atoms with Crippen molar-refractivity contribution in [2.45, 2.75) is 52.6 Å². The quantitative estimate of drug-likeness (QED) is 0.369. The van der Waals surface area contributed by atoms with E-state index in [9.17, 15) is 14.7 Å². The van der Waals surface area contributed by atoms with E-state index in [1.807, 2.05) is 19.1 Å². The second-order valence-electron chi connectivity index (χ2n) is 7.05. The standard InChI is InChI=1S/C23H37NO7/c1-4-14-28-16-7-12-24(23(27)31-15-5-2)13-17-30-20-10-8-19(9-11-20)18-21(22(25)26)29-6-3/h8-11,21H,4-7,12-18H2,1-3H3,(H,25,26). The van der Waals surface area contributed by atoms with E-state index in [4.69, 9.17) is 18.9 Å². The fourth-order valence-corrected chi connectivity index (χ4v) is 2.81. The van der Waals surface area contributed by atoms with Crippen LogP contribution in [-0.4, -0.2) is 74.3 Å². The number of ether oxygens (including phenoxy) is 4. The van der Waals surface area contributed by atoms with Crippen molar-refractivity contribution in [2.75, 3.05) is 46.1 Å². The zero-order chi connectivity index (χ0) is 22.9. The van der Waals surface area contributed by atoms with E-state index in [1.54, 1.807) is 24.0 Å². The SMILES string of the molecule is CCCOCCCN(CCOc1ccc(CC(OCC)C(=O)O)cc1)C(=O)OCCC. The van der Waals surface area contributed by atoms with Gasteiger partial charge in [-0.2, -0.15) is 0 Å². The molecule has 1 aromatic carbocycles. The van der Waals surface area contributed by atoms with Crippen LogP contribution in [0.4, 0.5) is 4.79 Å². The number of hydrogen-bond donors (Lipinski definition) is 1. The molecule has 1 aromatic rings. The molecule has 176 valence electrons. The van der Waals surface area contributed by atoms with Gasteiger partial charge in [0.2, 0.25) is 0 Å². The minimum absolute atomic E-state index is 0.292. The first-order chi connectivity index (χ1) is 15.0. The maximum atomic E-state index is 12.3. The van der Waals surface area contributed by atoms with Gasteiger partial charge in [-0.15, -0.1) is 0 Å². The summed E-state index contributed by atoms with van der Waals surface area (Å²) in [5.41, 5.74) is 0.852. The molecule has 0 aliphatic heterocycles. The Hall–Kier alpha value is -2.32. The monoisotopic (exact) mass is 439 g/mol. The number of hydrogen-bond acceptors (Lipinski definition) is 6. The van der Waals surface area contributed by atoms with Crippen LogP contribution < -0.4 is 4.74 Å². The third-order valence-electron chi connectivity index (χ3n) is 4.37. The highest BCUT2D eigenvalue weighted by Gasteiger charge is 2.18. The number of rotatable bonds is 17. The van der Waals surface area contributed by atoms with Crippen molar-refractivity contribution in [3.05, 3.63) is 29.8 Å². The fraction of sp³-hybridized carbons (Fsp3) is 0.652. The van der Waals surface area contributed by atoms with Crippen LogP contribution >= 0.6 is 0 Å². The second-order valence-corrected chi connectivity index (χ2v) is 7.05. The molecule has 0 aromatic heterocycles. The van der Waals surface area contributed by atoms with Crippen LogP contribution in [-0.2, 0) is 25.4 Å². The number of aliphatic carboxylic acids is 1. The van der Waals surface area contributed by atoms with Crippen molar-refractivity contribution < 1.29 is 33.6 Å². The predicted octanol–water partition coefficient (Wildman–Crippen LogP) is 3.76. The molecular weight excluding hydrogens is 402 g/mol. The number of carbonyl (C=O) groups is 2. The van der Waals surface area contributed by atoms with Crippen LogP contribution in [0.2, 0.25) is 0 Å². The Morgan fingerprint density at radius 2 is 1.68 bits per heavy atom. The zero-order valence-corrected chi connectivity index (χ0v) is 19.0. The molecule has 0 aliphatic rings. The molecule has 1 atom stereocenters. The molecule has 1 rings (SSSR count). The molecule has 0 radical (unpaired) electrons. The molecule has 1 unspecified atom stereocenters. The van der Waals surface area contributed by atoms with Crippen LogP contribution in [0.15, 0.2) is 24.3 Å². The molecule has 0 saturated heterocycles. The highest BCUT2D eigenvalue weighted by Crippen LogP contribution is 2.15. The van der Waals surface area contributed by atoms with Crippen molar-refractivity contribution >= 4 is 12.1 Å². The summed E-state index contributed by atoms with van der Waals surface area (Å²) in [4.78, 5) is 25.1. The number of amides is 1. The molecular formula is C23H37NO7. The number of carboxylic acids is 1. The van der Waals surface area contributed by atoms with E-state index >= 15 is 0 Å². The Morgan fingerprint density at radius 1 is 0.968 bits per heavy atom. The van der Waals surface area contributed by atoms with Gasteiger partial charge in [0.05, 0.1) is 13.2 Å². The van der Waals surface area contributed by atoms with E-state index in [0.717, 1.165) is 31.4 Å². The summed E-state index contributed by atoms with van der Waals surface area (Å²) in [6, 6.07) is 7.22. The summed E-state index contributed by atoms with van der Waals surface area (Å²) >= 11 is 0. The second kappa shape index (κ2) is 16.4. The van der Waals surface area contributed by atoms with Crippen molar-refractivity contribution in [1.82, 2.24) is 4.90 Å². The lowest BCUT2D eigenvalue weighted by molar-refractivity contribution is -0.149. The van der Waals surface area contributed by atoms with Gasteiger partial charge in [0.25, 0.3) is 0 Å². The van der Waals surface area contributed by atoms with Gasteiger partial charge in [-0.25, -0.2) is 9.59 Å². The van der Waals surface area contributed by atoms with Crippen molar-refractivity contribution in [3.8, 4) is 5.75 Å². The lowest BCUT2D eigenvalue weighted by atomic mass is 10.1. The Kier molecular flexibility index (Phi) is 14.1. The van der Waals surface area contributed by atoms with Gasteiger partial charge in [0.1, 0.15) is 12.4 Å². The normalized spacial score (nSPS) is 11.7. The Bertz CT molecular complexity index is 621. The summed E-state index contributed by atoms with van der Waals surface area (Å²) in [7, 11) is 0. The van der Waals surface area contributed by atoms with Gasteiger partial charge in [-0.3, -0.25) is 0 Å². The van der Waals surface area contributed by atoms with Crippen LogP contribution in [0.5, 0.6) is 5.75 Å². The van der Waals surface area contributed by atoms with Crippen LogP contribution in [0.25, 0.3) is 0 Å². The van der Waals surface area contributed by atoms with E-state index in [2.05, 4.69) is 6.92 Å². The van der Waals surface area contributed by atoms with E-state index < -0.39 is 12.1 Å². The minimum atomic E-state index is -0.975.